The second-order valence-electron chi connectivity index (χ2n) is 4.08. The Bertz CT molecular complexity index is 321. The number of hydrogen-bond donors (Lipinski definition) is 1. The molecule has 0 saturated carbocycles. The first-order chi connectivity index (χ1) is 7.48. The highest BCUT2D eigenvalue weighted by molar-refractivity contribution is 4.92. The van der Waals surface area contributed by atoms with Gasteiger partial charge in [-0.2, -0.15) is 5.10 Å². The van der Waals surface area contributed by atoms with Crippen LogP contribution in [0.2, 0.25) is 0 Å². The minimum Gasteiger partial charge on any atom is -0.390 e. The molecule has 0 radical (unpaired) electrons. The Morgan fingerprint density at radius 2 is 2.12 bits per heavy atom. The number of hydrogen-bond acceptors (Lipinski definition) is 5. The SMILES string of the molecule is COC(CC(C)(O)Cc1ncnn1C)OC. The normalized spacial score (nSPS) is 15.4. The lowest BCUT2D eigenvalue weighted by molar-refractivity contribution is -0.140. The van der Waals surface area contributed by atoms with Gasteiger partial charge in [0, 0.05) is 34.1 Å². The van der Waals surface area contributed by atoms with Crippen LogP contribution in [0.25, 0.3) is 0 Å². The van der Waals surface area contributed by atoms with Crippen LogP contribution in [0.15, 0.2) is 6.33 Å². The van der Waals surface area contributed by atoms with Crippen molar-refractivity contribution in [1.29, 1.82) is 0 Å². The zero-order valence-corrected chi connectivity index (χ0v) is 10.2. The monoisotopic (exact) mass is 229 g/mol. The summed E-state index contributed by atoms with van der Waals surface area (Å²) in [5.74, 6) is 0.732. The summed E-state index contributed by atoms with van der Waals surface area (Å²) in [6.07, 6.45) is 1.85. The van der Waals surface area contributed by atoms with Crippen LogP contribution in [-0.4, -0.2) is 46.0 Å². The third-order valence-corrected chi connectivity index (χ3v) is 2.48. The Morgan fingerprint density at radius 1 is 1.50 bits per heavy atom. The molecule has 1 heterocycles. The van der Waals surface area contributed by atoms with E-state index >= 15 is 0 Å². The number of ether oxygens (including phenoxy) is 2. The maximum absolute atomic E-state index is 10.2. The lowest BCUT2D eigenvalue weighted by atomic mass is 9.97. The largest absolute Gasteiger partial charge is 0.390 e. The molecular formula is C10H19N3O3. The molecule has 1 aromatic rings. The van der Waals surface area contributed by atoms with Gasteiger partial charge in [0.15, 0.2) is 6.29 Å². The molecule has 1 atom stereocenters. The fraction of sp³-hybridized carbons (Fsp3) is 0.800. The van der Waals surface area contributed by atoms with Crippen LogP contribution in [0, 0.1) is 0 Å². The van der Waals surface area contributed by atoms with Crippen molar-refractivity contribution in [3.05, 3.63) is 12.2 Å². The van der Waals surface area contributed by atoms with Gasteiger partial charge in [0.25, 0.3) is 0 Å². The average molecular weight is 229 g/mol. The van der Waals surface area contributed by atoms with Crippen molar-refractivity contribution in [3.8, 4) is 0 Å². The van der Waals surface area contributed by atoms with E-state index in [4.69, 9.17) is 9.47 Å². The third kappa shape index (κ3) is 3.55. The molecule has 6 heteroatoms. The first-order valence-corrected chi connectivity index (χ1v) is 5.09. The predicted octanol–water partition coefficient (Wildman–Crippen LogP) is 0.118. The maximum atomic E-state index is 10.2. The van der Waals surface area contributed by atoms with E-state index < -0.39 is 11.9 Å². The van der Waals surface area contributed by atoms with Crippen LogP contribution in [0.3, 0.4) is 0 Å². The van der Waals surface area contributed by atoms with Crippen molar-refractivity contribution in [2.24, 2.45) is 7.05 Å². The molecule has 1 N–H and O–H groups in total. The molecule has 6 nitrogen and oxygen atoms in total. The van der Waals surface area contributed by atoms with Gasteiger partial charge in [-0.1, -0.05) is 0 Å². The molecule has 1 rings (SSSR count). The van der Waals surface area contributed by atoms with Gasteiger partial charge in [-0.15, -0.1) is 0 Å². The summed E-state index contributed by atoms with van der Waals surface area (Å²) in [6.45, 7) is 1.73. The molecule has 1 unspecified atom stereocenters. The first kappa shape index (κ1) is 13.1. The summed E-state index contributed by atoms with van der Waals surface area (Å²) in [5, 5.41) is 14.2. The quantitative estimate of drug-likeness (QED) is 0.701. The van der Waals surface area contributed by atoms with Crippen LogP contribution >= 0.6 is 0 Å². The summed E-state index contributed by atoms with van der Waals surface area (Å²) < 4.78 is 11.8. The van der Waals surface area contributed by atoms with Gasteiger partial charge in [0.1, 0.15) is 12.2 Å². The molecule has 0 bridgehead atoms. The van der Waals surface area contributed by atoms with Crippen molar-refractivity contribution in [2.45, 2.75) is 31.7 Å². The van der Waals surface area contributed by atoms with E-state index in [9.17, 15) is 5.11 Å². The average Bonchev–Trinajstić information content (AvgIpc) is 2.60. The van der Waals surface area contributed by atoms with Crippen LogP contribution in [-0.2, 0) is 22.9 Å². The summed E-state index contributed by atoms with van der Waals surface area (Å²) in [5.41, 5.74) is -0.933. The minimum absolute atomic E-state index is 0.382. The number of rotatable bonds is 6. The zero-order chi connectivity index (χ0) is 12.2. The molecule has 0 aromatic carbocycles. The highest BCUT2D eigenvalue weighted by atomic mass is 16.7. The predicted molar refractivity (Wildman–Crippen MR) is 57.8 cm³/mol. The molecule has 0 spiro atoms. The molecule has 0 fully saturated rings. The van der Waals surface area contributed by atoms with Crippen LogP contribution in [0.5, 0.6) is 0 Å². The third-order valence-electron chi connectivity index (χ3n) is 2.48. The van der Waals surface area contributed by atoms with Crippen LogP contribution < -0.4 is 0 Å². The van der Waals surface area contributed by atoms with E-state index in [1.165, 1.54) is 6.33 Å². The second-order valence-corrected chi connectivity index (χ2v) is 4.08. The zero-order valence-electron chi connectivity index (χ0n) is 10.2. The van der Waals surface area contributed by atoms with E-state index in [0.29, 0.717) is 12.8 Å². The van der Waals surface area contributed by atoms with Crippen molar-refractivity contribution < 1.29 is 14.6 Å². The molecule has 1 aromatic heterocycles. The van der Waals surface area contributed by atoms with Gasteiger partial charge < -0.3 is 14.6 Å². The molecule has 0 aliphatic heterocycles. The smallest absolute Gasteiger partial charge is 0.159 e. The number of aromatic nitrogens is 3. The van der Waals surface area contributed by atoms with E-state index in [1.807, 2.05) is 0 Å². The Hall–Kier alpha value is -0.980. The van der Waals surface area contributed by atoms with Gasteiger partial charge >= 0.3 is 0 Å². The molecular weight excluding hydrogens is 210 g/mol. The van der Waals surface area contributed by atoms with Crippen molar-refractivity contribution in [3.63, 3.8) is 0 Å². The van der Waals surface area contributed by atoms with E-state index in [1.54, 1.807) is 32.9 Å². The van der Waals surface area contributed by atoms with Crippen molar-refractivity contribution >= 4 is 0 Å². The van der Waals surface area contributed by atoms with Gasteiger partial charge in [0.2, 0.25) is 0 Å². The summed E-state index contributed by atoms with van der Waals surface area (Å²) in [4.78, 5) is 4.07. The fourth-order valence-electron chi connectivity index (χ4n) is 1.51. The first-order valence-electron chi connectivity index (χ1n) is 5.09. The molecule has 16 heavy (non-hydrogen) atoms. The Morgan fingerprint density at radius 3 is 2.56 bits per heavy atom. The molecule has 0 aliphatic rings. The number of aliphatic hydroxyl groups is 1. The second kappa shape index (κ2) is 5.38. The van der Waals surface area contributed by atoms with Crippen LogP contribution in [0.1, 0.15) is 19.2 Å². The minimum atomic E-state index is -0.933. The fourth-order valence-corrected chi connectivity index (χ4v) is 1.51. The highest BCUT2D eigenvalue weighted by Gasteiger charge is 2.27. The topological polar surface area (TPSA) is 69.4 Å². The lowest BCUT2D eigenvalue weighted by Crippen LogP contribution is -2.34. The summed E-state index contributed by atoms with van der Waals surface area (Å²) in [6, 6.07) is 0. The van der Waals surface area contributed by atoms with E-state index in [-0.39, 0.29) is 0 Å². The van der Waals surface area contributed by atoms with Gasteiger partial charge in [-0.3, -0.25) is 4.68 Å². The molecule has 92 valence electrons. The Kier molecular flexibility index (Phi) is 4.40. The van der Waals surface area contributed by atoms with E-state index in [0.717, 1.165) is 5.82 Å². The number of methoxy groups -OCH3 is 2. The lowest BCUT2D eigenvalue weighted by Gasteiger charge is -2.26. The molecule has 0 aliphatic carbocycles. The van der Waals surface area contributed by atoms with Gasteiger partial charge in [-0.05, 0) is 6.92 Å². The molecule has 0 saturated heterocycles. The summed E-state index contributed by atoms with van der Waals surface area (Å²) in [7, 11) is 4.89. The van der Waals surface area contributed by atoms with Gasteiger partial charge in [-0.25, -0.2) is 4.98 Å². The van der Waals surface area contributed by atoms with Gasteiger partial charge in [0.05, 0.1) is 5.60 Å². The van der Waals surface area contributed by atoms with Crippen molar-refractivity contribution in [2.75, 3.05) is 14.2 Å². The standard InChI is InChI=1S/C10H19N3O3/c1-10(14,6-9(15-3)16-4)5-8-11-7-12-13(8)2/h7,9,14H,5-6H2,1-4H3. The number of aryl methyl sites for hydroxylation is 1. The summed E-state index contributed by atoms with van der Waals surface area (Å²) >= 11 is 0. The van der Waals surface area contributed by atoms with Crippen LogP contribution in [0.4, 0.5) is 0 Å². The van der Waals surface area contributed by atoms with E-state index in [2.05, 4.69) is 10.1 Å². The Labute approximate surface area is 95.2 Å². The molecule has 0 amide bonds. The Balaban J connectivity index is 2.61. The number of nitrogens with zero attached hydrogens (tertiary/aromatic N) is 3. The highest BCUT2D eigenvalue weighted by Crippen LogP contribution is 2.18. The van der Waals surface area contributed by atoms with Crippen molar-refractivity contribution in [1.82, 2.24) is 14.8 Å². The maximum Gasteiger partial charge on any atom is 0.159 e.